The number of carbonyl (C=O) groups excluding carboxylic acids is 1. The molecule has 0 aliphatic carbocycles. The van der Waals surface area contributed by atoms with E-state index in [1.54, 1.807) is 38.2 Å². The molecule has 2 heterocycles. The van der Waals surface area contributed by atoms with Gasteiger partial charge in [0.1, 0.15) is 0 Å². The molecule has 0 aliphatic heterocycles. The Morgan fingerprint density at radius 3 is 2.60 bits per heavy atom. The van der Waals surface area contributed by atoms with Gasteiger partial charge >= 0.3 is 0 Å². The number of nitriles is 1. The number of hydrogen-bond donors (Lipinski definition) is 1. The van der Waals surface area contributed by atoms with Crippen LogP contribution >= 0.6 is 0 Å². The van der Waals surface area contributed by atoms with Crippen molar-refractivity contribution in [2.24, 2.45) is 0 Å². The first kappa shape index (κ1) is 13.6. The molecule has 0 bridgehead atoms. The zero-order valence-electron chi connectivity index (χ0n) is 11.2. The lowest BCUT2D eigenvalue weighted by Crippen LogP contribution is -2.22. The van der Waals surface area contributed by atoms with Gasteiger partial charge in [-0.15, -0.1) is 0 Å². The smallest absolute Gasteiger partial charge is 0.249 e. The Kier molecular flexibility index (Phi) is 4.01. The third-order valence-corrected chi connectivity index (χ3v) is 2.58. The second-order valence-corrected chi connectivity index (χ2v) is 4.30. The van der Waals surface area contributed by atoms with Crippen molar-refractivity contribution in [3.63, 3.8) is 0 Å². The van der Waals surface area contributed by atoms with Gasteiger partial charge in [-0.05, 0) is 32.0 Å². The summed E-state index contributed by atoms with van der Waals surface area (Å²) in [6.07, 6.45) is 3.11. The topological polar surface area (TPSA) is 91.6 Å². The molecule has 0 saturated heterocycles. The van der Waals surface area contributed by atoms with Gasteiger partial charge in [0.2, 0.25) is 5.91 Å². The molecule has 100 valence electrons. The highest BCUT2D eigenvalue weighted by atomic mass is 16.1. The number of rotatable bonds is 3. The second kappa shape index (κ2) is 5.89. The molecule has 1 amide bonds. The van der Waals surface area contributed by atoms with Crippen molar-refractivity contribution in [2.75, 3.05) is 5.32 Å². The minimum absolute atomic E-state index is 0.214. The monoisotopic (exact) mass is 267 g/mol. The largest absolute Gasteiger partial charge is 0.323 e. The van der Waals surface area contributed by atoms with Crippen molar-refractivity contribution < 1.29 is 4.79 Å². The van der Waals surface area contributed by atoms with Crippen LogP contribution in [0, 0.1) is 25.2 Å². The Bertz CT molecular complexity index is 643. The highest BCUT2D eigenvalue weighted by Crippen LogP contribution is 2.15. The number of nitrogens with one attached hydrogen (secondary N) is 1. The number of nitrogens with zero attached hydrogens (tertiary/aromatic N) is 4. The fraction of sp³-hybridized carbons (Fsp3) is 0.214. The van der Waals surface area contributed by atoms with Crippen molar-refractivity contribution in [1.82, 2.24) is 15.0 Å². The second-order valence-electron chi connectivity index (χ2n) is 4.30. The van der Waals surface area contributed by atoms with Crippen molar-refractivity contribution in [2.45, 2.75) is 19.8 Å². The number of aryl methyl sites for hydroxylation is 2. The number of pyridine rings is 1. The van der Waals surface area contributed by atoms with Gasteiger partial charge in [-0.3, -0.25) is 9.78 Å². The van der Waals surface area contributed by atoms with Crippen LogP contribution in [0.25, 0.3) is 0 Å². The minimum Gasteiger partial charge on any atom is -0.323 e. The molecular formula is C14H13N5O. The van der Waals surface area contributed by atoms with E-state index in [1.165, 1.54) is 6.20 Å². The summed E-state index contributed by atoms with van der Waals surface area (Å²) in [6, 6.07) is 7.12. The van der Waals surface area contributed by atoms with Gasteiger partial charge in [0.25, 0.3) is 0 Å². The van der Waals surface area contributed by atoms with Crippen LogP contribution in [-0.2, 0) is 4.79 Å². The molecule has 1 atom stereocenters. The van der Waals surface area contributed by atoms with Gasteiger partial charge in [0.05, 0.1) is 18.0 Å². The molecule has 2 rings (SSSR count). The van der Waals surface area contributed by atoms with E-state index in [0.717, 1.165) is 11.4 Å². The predicted octanol–water partition coefficient (Wildman–Crippen LogP) is 1.73. The first-order valence-electron chi connectivity index (χ1n) is 6.03. The van der Waals surface area contributed by atoms with E-state index in [1.807, 2.05) is 6.07 Å². The highest BCUT2D eigenvalue weighted by molar-refractivity contribution is 5.97. The Hall–Kier alpha value is -2.81. The number of carbonyl (C=O) groups is 1. The minimum atomic E-state index is -1.05. The summed E-state index contributed by atoms with van der Waals surface area (Å²) in [5.74, 6) is -1.30. The summed E-state index contributed by atoms with van der Waals surface area (Å²) >= 11 is 0. The van der Waals surface area contributed by atoms with E-state index in [9.17, 15) is 10.1 Å². The van der Waals surface area contributed by atoms with E-state index in [2.05, 4.69) is 20.3 Å². The van der Waals surface area contributed by atoms with Crippen LogP contribution in [-0.4, -0.2) is 20.9 Å². The van der Waals surface area contributed by atoms with Crippen LogP contribution < -0.4 is 5.32 Å². The average Bonchev–Trinajstić information content (AvgIpc) is 2.39. The summed E-state index contributed by atoms with van der Waals surface area (Å²) < 4.78 is 0. The number of aromatic nitrogens is 3. The highest BCUT2D eigenvalue weighted by Gasteiger charge is 2.23. The summed E-state index contributed by atoms with van der Waals surface area (Å²) in [5, 5.41) is 11.8. The number of anilines is 1. The molecule has 0 radical (unpaired) electrons. The van der Waals surface area contributed by atoms with Gasteiger partial charge < -0.3 is 5.32 Å². The van der Waals surface area contributed by atoms with Gasteiger partial charge in [0, 0.05) is 17.6 Å². The lowest BCUT2D eigenvalue weighted by molar-refractivity contribution is -0.116. The first-order valence-corrected chi connectivity index (χ1v) is 6.03. The van der Waals surface area contributed by atoms with Crippen LogP contribution in [0.15, 0.2) is 30.6 Å². The summed E-state index contributed by atoms with van der Waals surface area (Å²) in [7, 11) is 0. The molecule has 20 heavy (non-hydrogen) atoms. The quantitative estimate of drug-likeness (QED) is 0.914. The molecule has 0 saturated carbocycles. The molecule has 0 spiro atoms. The maximum atomic E-state index is 12.1. The molecule has 0 aromatic carbocycles. The first-order chi connectivity index (χ1) is 9.60. The Morgan fingerprint density at radius 1 is 1.35 bits per heavy atom. The molecule has 0 unspecified atom stereocenters. The van der Waals surface area contributed by atoms with Gasteiger partial charge in [-0.25, -0.2) is 9.97 Å². The number of hydrogen-bond acceptors (Lipinski definition) is 5. The van der Waals surface area contributed by atoms with Crippen LogP contribution in [0.2, 0.25) is 0 Å². The number of amides is 1. The lowest BCUT2D eigenvalue weighted by Gasteiger charge is -2.10. The zero-order chi connectivity index (χ0) is 14.5. The fourth-order valence-electron chi connectivity index (χ4n) is 1.77. The predicted molar refractivity (Wildman–Crippen MR) is 72.7 cm³/mol. The van der Waals surface area contributed by atoms with Crippen LogP contribution in [0.1, 0.15) is 23.1 Å². The summed E-state index contributed by atoms with van der Waals surface area (Å²) in [6.45, 7) is 3.59. The van der Waals surface area contributed by atoms with E-state index in [-0.39, 0.29) is 5.82 Å². The zero-order valence-corrected chi connectivity index (χ0v) is 11.2. The van der Waals surface area contributed by atoms with E-state index in [0.29, 0.717) is 5.69 Å². The van der Waals surface area contributed by atoms with Crippen molar-refractivity contribution in [3.8, 4) is 6.07 Å². The van der Waals surface area contributed by atoms with Gasteiger partial charge in [0.15, 0.2) is 11.7 Å². The fourth-order valence-corrected chi connectivity index (χ4v) is 1.77. The van der Waals surface area contributed by atoms with Crippen LogP contribution in [0.4, 0.5) is 5.69 Å². The van der Waals surface area contributed by atoms with E-state index in [4.69, 9.17) is 0 Å². The standard InChI is InChI=1S/C14H13N5O/c1-9-6-10(2)18-13(17-9)12(7-15)14(20)19-11-4-3-5-16-8-11/h3-6,8,12H,1-2H3,(H,19,20)/t12-/m1/s1. The Labute approximate surface area is 116 Å². The molecule has 0 aliphatic rings. The van der Waals surface area contributed by atoms with Gasteiger partial charge in [-0.1, -0.05) is 0 Å². The van der Waals surface area contributed by atoms with Gasteiger partial charge in [-0.2, -0.15) is 5.26 Å². The van der Waals surface area contributed by atoms with Crippen molar-refractivity contribution in [3.05, 3.63) is 47.8 Å². The molecule has 1 N–H and O–H groups in total. The normalized spacial score (nSPS) is 11.4. The van der Waals surface area contributed by atoms with E-state index >= 15 is 0 Å². The average molecular weight is 267 g/mol. The molecule has 0 fully saturated rings. The van der Waals surface area contributed by atoms with E-state index < -0.39 is 11.8 Å². The van der Waals surface area contributed by atoms with Crippen molar-refractivity contribution in [1.29, 1.82) is 5.26 Å². The molecule has 2 aromatic rings. The van der Waals surface area contributed by atoms with Crippen molar-refractivity contribution >= 4 is 11.6 Å². The Balaban J connectivity index is 2.24. The SMILES string of the molecule is Cc1cc(C)nc([C@@H](C#N)C(=O)Nc2cccnc2)n1. The molecule has 2 aromatic heterocycles. The van der Waals surface area contributed by atoms with Crippen LogP contribution in [0.3, 0.4) is 0 Å². The molecule has 6 nitrogen and oxygen atoms in total. The summed E-state index contributed by atoms with van der Waals surface area (Å²) in [4.78, 5) is 24.3. The Morgan fingerprint density at radius 2 is 2.05 bits per heavy atom. The molecule has 6 heteroatoms. The molecular weight excluding hydrogens is 254 g/mol. The lowest BCUT2D eigenvalue weighted by atomic mass is 10.1. The third kappa shape index (κ3) is 3.14. The maximum absolute atomic E-state index is 12.1. The van der Waals surface area contributed by atoms with Crippen LogP contribution in [0.5, 0.6) is 0 Å². The third-order valence-electron chi connectivity index (χ3n) is 2.58. The summed E-state index contributed by atoms with van der Waals surface area (Å²) in [5.41, 5.74) is 1.98. The maximum Gasteiger partial charge on any atom is 0.249 e.